The number of nitrogens with zero attached hydrogens (tertiary/aromatic N) is 1. The molecule has 6 rings (SSSR count). The number of halogens is 1. The van der Waals surface area contributed by atoms with Gasteiger partial charge < -0.3 is 10.2 Å². The van der Waals surface area contributed by atoms with Crippen LogP contribution in [0.3, 0.4) is 0 Å². The molecule has 0 aromatic heterocycles. The maximum atomic E-state index is 6.15. The number of nitrogens with one attached hydrogen (secondary N) is 1. The van der Waals surface area contributed by atoms with Crippen molar-refractivity contribution in [2.75, 3.05) is 26.2 Å². The molecule has 2 nitrogen and oxygen atoms in total. The van der Waals surface area contributed by atoms with Crippen LogP contribution in [0, 0.1) is 34.5 Å². The second kappa shape index (κ2) is 9.47. The topological polar surface area (TPSA) is 15.3 Å². The SMILES string of the molecule is CC(C)[C@H](CN1CC[C@H](c2ccc(Cl)cc2)C(C)(C)C1)NCCC12CC3CC(CC(C3)C1)C2. The summed E-state index contributed by atoms with van der Waals surface area (Å²) in [5.41, 5.74) is 2.44. The van der Waals surface area contributed by atoms with Crippen LogP contribution in [0.2, 0.25) is 5.02 Å². The summed E-state index contributed by atoms with van der Waals surface area (Å²) in [6, 6.07) is 9.20. The van der Waals surface area contributed by atoms with E-state index in [1.165, 1.54) is 44.6 Å². The average molecular weight is 471 g/mol. The number of likely N-dealkylation sites (tertiary alicyclic amines) is 1. The average Bonchev–Trinajstić information content (AvgIpc) is 2.72. The van der Waals surface area contributed by atoms with Gasteiger partial charge in [0.15, 0.2) is 0 Å². The van der Waals surface area contributed by atoms with Crippen LogP contribution < -0.4 is 5.32 Å². The van der Waals surface area contributed by atoms with Gasteiger partial charge in [0, 0.05) is 24.2 Å². The largest absolute Gasteiger partial charge is 0.312 e. The molecule has 4 bridgehead atoms. The molecule has 2 atom stereocenters. The lowest BCUT2D eigenvalue weighted by molar-refractivity contribution is -0.0572. The highest BCUT2D eigenvalue weighted by Gasteiger charge is 2.50. The number of rotatable bonds is 8. The Labute approximate surface area is 208 Å². The van der Waals surface area contributed by atoms with Crippen molar-refractivity contribution in [1.82, 2.24) is 10.2 Å². The molecule has 3 heteroatoms. The molecule has 33 heavy (non-hydrogen) atoms. The quantitative estimate of drug-likeness (QED) is 0.426. The van der Waals surface area contributed by atoms with E-state index in [1.807, 2.05) is 0 Å². The molecular formula is C30H47ClN2. The minimum atomic E-state index is 0.285. The lowest BCUT2D eigenvalue weighted by atomic mass is 9.49. The van der Waals surface area contributed by atoms with Gasteiger partial charge in [-0.25, -0.2) is 0 Å². The fourth-order valence-electron chi connectivity index (χ4n) is 8.84. The predicted octanol–water partition coefficient (Wildman–Crippen LogP) is 7.38. The second-order valence-corrected chi connectivity index (χ2v) is 14.0. The third-order valence-electron chi connectivity index (χ3n) is 10.1. The van der Waals surface area contributed by atoms with Crippen LogP contribution in [0.15, 0.2) is 24.3 Å². The Morgan fingerprint density at radius 1 is 1.00 bits per heavy atom. The maximum absolute atomic E-state index is 6.15. The minimum absolute atomic E-state index is 0.285. The zero-order chi connectivity index (χ0) is 23.2. The molecule has 1 N–H and O–H groups in total. The van der Waals surface area contributed by atoms with Crippen molar-refractivity contribution in [3.8, 4) is 0 Å². The van der Waals surface area contributed by atoms with Gasteiger partial charge in [-0.2, -0.15) is 0 Å². The Bertz CT molecular complexity index is 763. The summed E-state index contributed by atoms with van der Waals surface area (Å²) in [5, 5.41) is 4.90. The van der Waals surface area contributed by atoms with Crippen LogP contribution in [0.1, 0.15) is 90.5 Å². The van der Waals surface area contributed by atoms with E-state index in [0.717, 1.165) is 22.8 Å². The fraction of sp³-hybridized carbons (Fsp3) is 0.800. The molecule has 1 aromatic carbocycles. The Morgan fingerprint density at radius 2 is 1.61 bits per heavy atom. The van der Waals surface area contributed by atoms with E-state index in [-0.39, 0.29) is 5.41 Å². The lowest BCUT2D eigenvalue weighted by Gasteiger charge is -2.57. The number of hydrogen-bond acceptors (Lipinski definition) is 2. The van der Waals surface area contributed by atoms with E-state index in [4.69, 9.17) is 11.6 Å². The Balaban J connectivity index is 1.14. The van der Waals surface area contributed by atoms with Crippen LogP contribution in [-0.4, -0.2) is 37.1 Å². The number of piperidine rings is 1. The summed E-state index contributed by atoms with van der Waals surface area (Å²) in [6.07, 6.45) is 12.0. The van der Waals surface area contributed by atoms with Crippen LogP contribution in [-0.2, 0) is 0 Å². The summed E-state index contributed by atoms with van der Waals surface area (Å²) >= 11 is 6.15. The molecule has 5 aliphatic rings. The molecule has 1 saturated heterocycles. The first kappa shape index (κ1) is 24.1. The molecular weight excluding hydrogens is 424 g/mol. The second-order valence-electron chi connectivity index (χ2n) is 13.6. The van der Waals surface area contributed by atoms with E-state index in [1.54, 1.807) is 38.5 Å². The van der Waals surface area contributed by atoms with Gasteiger partial charge in [0.2, 0.25) is 0 Å². The van der Waals surface area contributed by atoms with E-state index < -0.39 is 0 Å². The van der Waals surface area contributed by atoms with Gasteiger partial charge >= 0.3 is 0 Å². The third-order valence-corrected chi connectivity index (χ3v) is 10.3. The molecule has 0 radical (unpaired) electrons. The van der Waals surface area contributed by atoms with E-state index in [2.05, 4.69) is 62.2 Å². The zero-order valence-corrected chi connectivity index (χ0v) is 22.3. The normalized spacial score (nSPS) is 36.4. The highest BCUT2D eigenvalue weighted by atomic mass is 35.5. The van der Waals surface area contributed by atoms with Crippen molar-refractivity contribution in [2.24, 2.45) is 34.5 Å². The predicted molar refractivity (Wildman–Crippen MR) is 141 cm³/mol. The van der Waals surface area contributed by atoms with Crippen LogP contribution >= 0.6 is 11.6 Å². The number of hydrogen-bond donors (Lipinski definition) is 1. The highest BCUT2D eigenvalue weighted by molar-refractivity contribution is 6.30. The fourth-order valence-corrected chi connectivity index (χ4v) is 8.97. The van der Waals surface area contributed by atoms with Crippen LogP contribution in [0.4, 0.5) is 0 Å². The lowest BCUT2D eigenvalue weighted by Crippen LogP contribution is -2.52. The molecule has 4 aliphatic carbocycles. The molecule has 4 saturated carbocycles. The first-order valence-corrected chi connectivity index (χ1v) is 14.3. The molecule has 1 aromatic rings. The van der Waals surface area contributed by atoms with Crippen molar-refractivity contribution in [3.63, 3.8) is 0 Å². The summed E-state index contributed by atoms with van der Waals surface area (Å²) in [7, 11) is 0. The molecule has 0 spiro atoms. The maximum Gasteiger partial charge on any atom is 0.0406 e. The Hall–Kier alpha value is -0.570. The first-order valence-electron chi connectivity index (χ1n) is 13.9. The van der Waals surface area contributed by atoms with Crippen molar-refractivity contribution in [3.05, 3.63) is 34.9 Å². The summed E-state index contributed by atoms with van der Waals surface area (Å²) in [5.74, 6) is 4.51. The summed E-state index contributed by atoms with van der Waals surface area (Å²) in [6.45, 7) is 14.5. The summed E-state index contributed by atoms with van der Waals surface area (Å²) < 4.78 is 0. The van der Waals surface area contributed by atoms with Gasteiger partial charge in [0.1, 0.15) is 0 Å². The van der Waals surface area contributed by atoms with Crippen molar-refractivity contribution in [2.45, 2.75) is 91.0 Å². The molecule has 5 fully saturated rings. The highest BCUT2D eigenvalue weighted by Crippen LogP contribution is 2.61. The van der Waals surface area contributed by atoms with Crippen molar-refractivity contribution < 1.29 is 0 Å². The van der Waals surface area contributed by atoms with Gasteiger partial charge in [-0.3, -0.25) is 0 Å². The smallest absolute Gasteiger partial charge is 0.0406 e. The van der Waals surface area contributed by atoms with Crippen LogP contribution in [0.25, 0.3) is 0 Å². The molecule has 0 amide bonds. The molecule has 184 valence electrons. The summed E-state index contributed by atoms with van der Waals surface area (Å²) in [4.78, 5) is 2.74. The third kappa shape index (κ3) is 5.34. The van der Waals surface area contributed by atoms with Crippen LogP contribution in [0.5, 0.6) is 0 Å². The van der Waals surface area contributed by atoms with Gasteiger partial charge in [-0.1, -0.05) is 51.4 Å². The molecule has 0 unspecified atom stereocenters. The minimum Gasteiger partial charge on any atom is -0.312 e. The monoisotopic (exact) mass is 470 g/mol. The Morgan fingerprint density at radius 3 is 2.15 bits per heavy atom. The van der Waals surface area contributed by atoms with Gasteiger partial charge in [0.25, 0.3) is 0 Å². The van der Waals surface area contributed by atoms with E-state index in [0.29, 0.717) is 23.3 Å². The molecule has 1 aliphatic heterocycles. The van der Waals surface area contributed by atoms with Gasteiger partial charge in [-0.05, 0) is 123 Å². The zero-order valence-electron chi connectivity index (χ0n) is 21.6. The Kier molecular flexibility index (Phi) is 6.93. The first-order chi connectivity index (χ1) is 15.7. The number of benzene rings is 1. The van der Waals surface area contributed by atoms with Gasteiger partial charge in [-0.15, -0.1) is 0 Å². The van der Waals surface area contributed by atoms with E-state index in [9.17, 15) is 0 Å². The van der Waals surface area contributed by atoms with E-state index >= 15 is 0 Å². The van der Waals surface area contributed by atoms with Crippen molar-refractivity contribution in [1.29, 1.82) is 0 Å². The standard InChI is InChI=1S/C30H47ClN2/c1-21(2)28(32-11-10-30-16-22-13-23(17-30)15-24(14-22)18-30)19-33-12-9-27(29(3,4)20-33)25-5-7-26(31)8-6-25/h5-8,21-24,27-28,32H,9-20H2,1-4H3/t22?,23?,24?,27-,28+,30?/m1/s1. The molecule has 1 heterocycles. The van der Waals surface area contributed by atoms with Crippen molar-refractivity contribution >= 4 is 11.6 Å². The van der Waals surface area contributed by atoms with Gasteiger partial charge in [0.05, 0.1) is 0 Å².